The van der Waals surface area contributed by atoms with Crippen molar-refractivity contribution in [2.24, 2.45) is 5.92 Å². The summed E-state index contributed by atoms with van der Waals surface area (Å²) in [6, 6.07) is 9.89. The zero-order chi connectivity index (χ0) is 16.1. The Labute approximate surface area is 141 Å². The maximum atomic E-state index is 12.5. The summed E-state index contributed by atoms with van der Waals surface area (Å²) in [5.74, 6) is 0.852. The van der Waals surface area contributed by atoms with E-state index in [1.807, 2.05) is 35.7 Å². The van der Waals surface area contributed by atoms with E-state index in [0.29, 0.717) is 6.54 Å². The van der Waals surface area contributed by atoms with Gasteiger partial charge in [-0.3, -0.25) is 9.69 Å². The van der Waals surface area contributed by atoms with Crippen molar-refractivity contribution in [1.29, 1.82) is 0 Å². The van der Waals surface area contributed by atoms with Gasteiger partial charge in [-0.1, -0.05) is 37.3 Å². The number of carbonyl (C=O) groups is 1. The molecule has 1 atom stereocenters. The van der Waals surface area contributed by atoms with Gasteiger partial charge in [-0.15, -0.1) is 11.3 Å². The predicted octanol–water partition coefficient (Wildman–Crippen LogP) is 3.08. The Hall–Kier alpha value is -1.72. The molecule has 0 saturated carbocycles. The molecular weight excluding hydrogens is 306 g/mol. The number of carbonyl (C=O) groups excluding carboxylic acids is 1. The fourth-order valence-electron chi connectivity index (χ4n) is 2.94. The van der Waals surface area contributed by atoms with Gasteiger partial charge in [-0.05, 0) is 37.4 Å². The van der Waals surface area contributed by atoms with Crippen LogP contribution in [0.15, 0.2) is 41.9 Å². The number of aromatic nitrogens is 1. The molecule has 0 bridgehead atoms. The molecule has 5 heteroatoms. The van der Waals surface area contributed by atoms with Gasteiger partial charge in [0.1, 0.15) is 11.0 Å². The molecular formula is C18H23N3OS. The van der Waals surface area contributed by atoms with Crippen molar-refractivity contribution in [3.63, 3.8) is 0 Å². The third-order valence-corrected chi connectivity index (χ3v) is 5.22. The molecule has 4 nitrogen and oxygen atoms in total. The van der Waals surface area contributed by atoms with Gasteiger partial charge in [0, 0.05) is 11.6 Å². The van der Waals surface area contributed by atoms with Gasteiger partial charge < -0.3 is 5.32 Å². The molecule has 2 aromatic rings. The lowest BCUT2D eigenvalue weighted by Gasteiger charge is -2.30. The Kier molecular flexibility index (Phi) is 5.41. The number of nitrogens with one attached hydrogen (secondary N) is 1. The summed E-state index contributed by atoms with van der Waals surface area (Å²) in [6.45, 7) is 4.79. The lowest BCUT2D eigenvalue weighted by Crippen LogP contribution is -2.42. The Bertz CT molecular complexity index is 606. The van der Waals surface area contributed by atoms with Crippen molar-refractivity contribution in [3.8, 4) is 0 Å². The SMILES string of the molecule is CC1CCN(CC(=O)N[C@H](c2ccccc2)c2nccs2)CC1. The van der Waals surface area contributed by atoms with E-state index < -0.39 is 0 Å². The molecule has 1 aliphatic heterocycles. The molecule has 1 saturated heterocycles. The van der Waals surface area contributed by atoms with E-state index in [0.717, 1.165) is 29.6 Å². The van der Waals surface area contributed by atoms with Crippen LogP contribution in [0, 0.1) is 5.92 Å². The number of hydrogen-bond donors (Lipinski definition) is 1. The summed E-state index contributed by atoms with van der Waals surface area (Å²) in [5.41, 5.74) is 1.07. The van der Waals surface area contributed by atoms with Crippen LogP contribution < -0.4 is 5.32 Å². The summed E-state index contributed by atoms with van der Waals surface area (Å²) in [4.78, 5) is 19.1. The van der Waals surface area contributed by atoms with Crippen molar-refractivity contribution >= 4 is 17.2 Å². The van der Waals surface area contributed by atoms with Gasteiger partial charge in [-0.2, -0.15) is 0 Å². The highest BCUT2D eigenvalue weighted by atomic mass is 32.1. The van der Waals surface area contributed by atoms with Gasteiger partial charge >= 0.3 is 0 Å². The standard InChI is InChI=1S/C18H23N3OS/c1-14-7-10-21(11-8-14)13-16(22)20-17(18-19-9-12-23-18)15-5-3-2-4-6-15/h2-6,9,12,14,17H,7-8,10-11,13H2,1H3,(H,20,22)/t17-/m1/s1. The number of likely N-dealkylation sites (tertiary alicyclic amines) is 1. The molecule has 3 rings (SSSR count). The average molecular weight is 329 g/mol. The van der Waals surface area contributed by atoms with Crippen LogP contribution in [0.5, 0.6) is 0 Å². The molecule has 1 aliphatic rings. The van der Waals surface area contributed by atoms with E-state index >= 15 is 0 Å². The average Bonchev–Trinajstić information content (AvgIpc) is 3.10. The monoisotopic (exact) mass is 329 g/mol. The van der Waals surface area contributed by atoms with E-state index in [9.17, 15) is 4.79 Å². The summed E-state index contributed by atoms with van der Waals surface area (Å²) in [6.07, 6.45) is 4.15. The van der Waals surface area contributed by atoms with Gasteiger partial charge in [0.2, 0.25) is 5.91 Å². The van der Waals surface area contributed by atoms with Gasteiger partial charge in [0.05, 0.1) is 6.54 Å². The van der Waals surface area contributed by atoms with Gasteiger partial charge in [0.15, 0.2) is 0 Å². The first-order valence-electron chi connectivity index (χ1n) is 8.18. The molecule has 0 radical (unpaired) electrons. The summed E-state index contributed by atoms with van der Waals surface area (Å²) in [5, 5.41) is 6.04. The molecule has 1 aromatic carbocycles. The zero-order valence-corrected chi connectivity index (χ0v) is 14.3. The fraction of sp³-hybridized carbons (Fsp3) is 0.444. The van der Waals surface area contributed by atoms with E-state index in [2.05, 4.69) is 22.1 Å². The highest BCUT2D eigenvalue weighted by Gasteiger charge is 2.22. The molecule has 0 spiro atoms. The minimum Gasteiger partial charge on any atom is -0.342 e. The van der Waals surface area contributed by atoms with E-state index in [1.165, 1.54) is 12.8 Å². The molecule has 0 unspecified atom stereocenters. The maximum absolute atomic E-state index is 12.5. The molecule has 1 amide bonds. The fourth-order valence-corrected chi connectivity index (χ4v) is 3.65. The molecule has 122 valence electrons. The van der Waals surface area contributed by atoms with E-state index in [1.54, 1.807) is 17.5 Å². The smallest absolute Gasteiger partial charge is 0.235 e. The first kappa shape index (κ1) is 16.1. The lowest BCUT2D eigenvalue weighted by atomic mass is 9.99. The lowest BCUT2D eigenvalue weighted by molar-refractivity contribution is -0.123. The second-order valence-electron chi connectivity index (χ2n) is 6.24. The van der Waals surface area contributed by atoms with Crippen LogP contribution in [0.2, 0.25) is 0 Å². The number of benzene rings is 1. The number of amides is 1. The van der Waals surface area contributed by atoms with Crippen molar-refractivity contribution in [2.45, 2.75) is 25.8 Å². The van der Waals surface area contributed by atoms with Gasteiger partial charge in [0.25, 0.3) is 0 Å². The third-order valence-electron chi connectivity index (χ3n) is 4.38. The molecule has 23 heavy (non-hydrogen) atoms. The second-order valence-corrected chi connectivity index (χ2v) is 7.17. The summed E-state index contributed by atoms with van der Waals surface area (Å²) < 4.78 is 0. The number of thiazole rings is 1. The Balaban J connectivity index is 1.65. The van der Waals surface area contributed by atoms with Crippen LogP contribution in [-0.4, -0.2) is 35.4 Å². The molecule has 1 aromatic heterocycles. The Morgan fingerprint density at radius 1 is 1.35 bits per heavy atom. The first-order chi connectivity index (χ1) is 11.2. The first-order valence-corrected chi connectivity index (χ1v) is 9.06. The molecule has 2 heterocycles. The number of hydrogen-bond acceptors (Lipinski definition) is 4. The number of rotatable bonds is 5. The molecule has 1 fully saturated rings. The van der Waals surface area contributed by atoms with Crippen LogP contribution in [0.4, 0.5) is 0 Å². The Morgan fingerprint density at radius 2 is 2.09 bits per heavy atom. The maximum Gasteiger partial charge on any atom is 0.235 e. The van der Waals surface area contributed by atoms with Crippen molar-refractivity contribution in [3.05, 3.63) is 52.5 Å². The highest BCUT2D eigenvalue weighted by molar-refractivity contribution is 7.09. The van der Waals surface area contributed by atoms with Crippen LogP contribution in [0.1, 0.15) is 36.4 Å². The summed E-state index contributed by atoms with van der Waals surface area (Å²) in [7, 11) is 0. The predicted molar refractivity (Wildman–Crippen MR) is 93.4 cm³/mol. The largest absolute Gasteiger partial charge is 0.342 e. The highest BCUT2D eigenvalue weighted by Crippen LogP contribution is 2.23. The van der Waals surface area contributed by atoms with Gasteiger partial charge in [-0.25, -0.2) is 4.98 Å². The normalized spacial score (nSPS) is 17.8. The van der Waals surface area contributed by atoms with E-state index in [4.69, 9.17) is 0 Å². The second kappa shape index (κ2) is 7.70. The topological polar surface area (TPSA) is 45.2 Å². The minimum atomic E-state index is -0.160. The van der Waals surface area contributed by atoms with Crippen LogP contribution in [0.3, 0.4) is 0 Å². The quantitative estimate of drug-likeness (QED) is 0.917. The van der Waals surface area contributed by atoms with Crippen LogP contribution in [0.25, 0.3) is 0 Å². The van der Waals surface area contributed by atoms with Crippen LogP contribution in [-0.2, 0) is 4.79 Å². The third kappa shape index (κ3) is 4.39. The van der Waals surface area contributed by atoms with Crippen LogP contribution >= 0.6 is 11.3 Å². The molecule has 0 aliphatic carbocycles. The minimum absolute atomic E-state index is 0.0728. The Morgan fingerprint density at radius 3 is 2.74 bits per heavy atom. The molecule has 1 N–H and O–H groups in total. The van der Waals surface area contributed by atoms with E-state index in [-0.39, 0.29) is 11.9 Å². The summed E-state index contributed by atoms with van der Waals surface area (Å²) >= 11 is 1.57. The number of piperidine rings is 1. The number of nitrogens with zero attached hydrogens (tertiary/aromatic N) is 2. The zero-order valence-electron chi connectivity index (χ0n) is 13.4. The van der Waals surface area contributed by atoms with Crippen molar-refractivity contribution < 1.29 is 4.79 Å². The van der Waals surface area contributed by atoms with Crippen molar-refractivity contribution in [1.82, 2.24) is 15.2 Å². The van der Waals surface area contributed by atoms with Crippen molar-refractivity contribution in [2.75, 3.05) is 19.6 Å².